The minimum absolute atomic E-state index is 0. The van der Waals surface area contributed by atoms with E-state index in [0.717, 1.165) is 5.56 Å². The highest BCUT2D eigenvalue weighted by molar-refractivity contribution is 5.85. The molecule has 24 heavy (non-hydrogen) atoms. The third-order valence-corrected chi connectivity index (χ3v) is 4.10. The van der Waals surface area contributed by atoms with Gasteiger partial charge in [0.25, 0.3) is 5.91 Å². The Morgan fingerprint density at radius 1 is 1.17 bits per heavy atom. The van der Waals surface area contributed by atoms with Gasteiger partial charge in [0.15, 0.2) is 6.61 Å². The normalized spacial score (nSPS) is 19.7. The van der Waals surface area contributed by atoms with Crippen LogP contribution in [0.2, 0.25) is 0 Å². The molecule has 128 valence electrons. The molecule has 0 spiro atoms. The summed E-state index contributed by atoms with van der Waals surface area (Å²) in [5.41, 5.74) is 7.32. The summed E-state index contributed by atoms with van der Waals surface area (Å²) in [5.74, 6) is -0.0406. The summed E-state index contributed by atoms with van der Waals surface area (Å²) in [6, 6.07) is 15.6. The Bertz CT molecular complexity index is 684. The van der Waals surface area contributed by atoms with E-state index in [1.54, 1.807) is 17.0 Å². The molecule has 3 rings (SSSR count). The molecular weight excluding hydrogens is 331 g/mol. The molecule has 4 nitrogen and oxygen atoms in total. The molecule has 1 aliphatic rings. The zero-order valence-corrected chi connectivity index (χ0v) is 13.9. The SMILES string of the molecule is Cl.N[C@@H]1CN(C(=O)COc2cccc(F)c2)C[C@H]1c1ccccc1. The van der Waals surface area contributed by atoms with Gasteiger partial charge < -0.3 is 15.4 Å². The Kier molecular flexibility index (Phi) is 6.17. The lowest BCUT2D eigenvalue weighted by molar-refractivity contribution is -0.132. The zero-order chi connectivity index (χ0) is 16.2. The lowest BCUT2D eigenvalue weighted by Gasteiger charge is -2.17. The van der Waals surface area contributed by atoms with Gasteiger partial charge in [-0.1, -0.05) is 36.4 Å². The smallest absolute Gasteiger partial charge is 0.260 e. The lowest BCUT2D eigenvalue weighted by Crippen LogP contribution is -2.35. The van der Waals surface area contributed by atoms with Gasteiger partial charge in [-0.05, 0) is 17.7 Å². The van der Waals surface area contributed by atoms with E-state index in [4.69, 9.17) is 10.5 Å². The van der Waals surface area contributed by atoms with Crippen molar-refractivity contribution in [2.24, 2.45) is 5.73 Å². The second-order valence-corrected chi connectivity index (χ2v) is 5.73. The quantitative estimate of drug-likeness (QED) is 0.922. The first-order valence-electron chi connectivity index (χ1n) is 7.60. The van der Waals surface area contributed by atoms with E-state index >= 15 is 0 Å². The molecule has 2 N–H and O–H groups in total. The van der Waals surface area contributed by atoms with Gasteiger partial charge in [0, 0.05) is 31.1 Å². The van der Waals surface area contributed by atoms with E-state index in [2.05, 4.69) is 0 Å². The average molecular weight is 351 g/mol. The number of carbonyl (C=O) groups excluding carboxylic acids is 1. The first kappa shape index (κ1) is 18.2. The van der Waals surface area contributed by atoms with Crippen molar-refractivity contribution < 1.29 is 13.9 Å². The molecule has 1 saturated heterocycles. The van der Waals surface area contributed by atoms with Crippen LogP contribution in [0.5, 0.6) is 5.75 Å². The van der Waals surface area contributed by atoms with Crippen molar-refractivity contribution in [1.82, 2.24) is 4.90 Å². The fourth-order valence-corrected chi connectivity index (χ4v) is 2.88. The van der Waals surface area contributed by atoms with E-state index < -0.39 is 0 Å². The Morgan fingerprint density at radius 2 is 1.92 bits per heavy atom. The summed E-state index contributed by atoms with van der Waals surface area (Å²) in [6.45, 7) is 0.971. The maximum Gasteiger partial charge on any atom is 0.260 e. The maximum absolute atomic E-state index is 13.1. The Balaban J connectivity index is 0.00000208. The molecule has 0 saturated carbocycles. The minimum Gasteiger partial charge on any atom is -0.484 e. The number of amides is 1. The van der Waals surface area contributed by atoms with Gasteiger partial charge >= 0.3 is 0 Å². The van der Waals surface area contributed by atoms with Crippen molar-refractivity contribution in [3.05, 3.63) is 66.0 Å². The molecule has 2 aromatic rings. The third-order valence-electron chi connectivity index (χ3n) is 4.10. The molecular formula is C18H20ClFN2O2. The highest BCUT2D eigenvalue weighted by Gasteiger charge is 2.33. The van der Waals surface area contributed by atoms with Crippen LogP contribution in [0.25, 0.3) is 0 Å². The number of nitrogens with zero attached hydrogens (tertiary/aromatic N) is 1. The highest BCUT2D eigenvalue weighted by atomic mass is 35.5. The van der Waals surface area contributed by atoms with E-state index in [0.29, 0.717) is 18.8 Å². The monoisotopic (exact) mass is 350 g/mol. The van der Waals surface area contributed by atoms with Crippen LogP contribution in [0, 0.1) is 5.82 Å². The lowest BCUT2D eigenvalue weighted by atomic mass is 9.95. The summed E-state index contributed by atoms with van der Waals surface area (Å²) in [6.07, 6.45) is 0. The van der Waals surface area contributed by atoms with Crippen LogP contribution in [0.3, 0.4) is 0 Å². The van der Waals surface area contributed by atoms with Crippen molar-refractivity contribution in [2.45, 2.75) is 12.0 Å². The number of rotatable bonds is 4. The third kappa shape index (κ3) is 4.24. The Labute approximate surface area is 146 Å². The predicted molar refractivity (Wildman–Crippen MR) is 92.9 cm³/mol. The fourth-order valence-electron chi connectivity index (χ4n) is 2.88. The van der Waals surface area contributed by atoms with E-state index in [9.17, 15) is 9.18 Å². The fraction of sp³-hybridized carbons (Fsp3) is 0.278. The highest BCUT2D eigenvalue weighted by Crippen LogP contribution is 2.26. The molecule has 0 aliphatic carbocycles. The van der Waals surface area contributed by atoms with Crippen molar-refractivity contribution in [1.29, 1.82) is 0 Å². The molecule has 1 fully saturated rings. The van der Waals surface area contributed by atoms with Gasteiger partial charge in [0.1, 0.15) is 11.6 Å². The number of carbonyl (C=O) groups is 1. The summed E-state index contributed by atoms with van der Waals surface area (Å²) < 4.78 is 18.5. The second kappa shape index (κ2) is 8.13. The van der Waals surface area contributed by atoms with Crippen LogP contribution in [-0.2, 0) is 4.79 Å². The van der Waals surface area contributed by atoms with Crippen molar-refractivity contribution >= 4 is 18.3 Å². The van der Waals surface area contributed by atoms with Crippen molar-refractivity contribution in [2.75, 3.05) is 19.7 Å². The Morgan fingerprint density at radius 3 is 2.62 bits per heavy atom. The topological polar surface area (TPSA) is 55.6 Å². The molecule has 0 unspecified atom stereocenters. The molecule has 6 heteroatoms. The molecule has 1 amide bonds. The van der Waals surface area contributed by atoms with Crippen LogP contribution >= 0.6 is 12.4 Å². The predicted octanol–water partition coefficient (Wildman–Crippen LogP) is 2.58. The Hall–Kier alpha value is -2.11. The van der Waals surface area contributed by atoms with Crippen LogP contribution < -0.4 is 10.5 Å². The molecule has 2 aromatic carbocycles. The van der Waals surface area contributed by atoms with Gasteiger partial charge in [0.2, 0.25) is 0 Å². The number of halogens is 2. The van der Waals surface area contributed by atoms with E-state index in [-0.39, 0.29) is 42.7 Å². The molecule has 1 aliphatic heterocycles. The average Bonchev–Trinajstić information content (AvgIpc) is 2.95. The van der Waals surface area contributed by atoms with Gasteiger partial charge in [-0.3, -0.25) is 4.79 Å². The molecule has 1 heterocycles. The van der Waals surface area contributed by atoms with Crippen molar-refractivity contribution in [3.8, 4) is 5.75 Å². The largest absolute Gasteiger partial charge is 0.484 e. The maximum atomic E-state index is 13.1. The zero-order valence-electron chi connectivity index (χ0n) is 13.1. The first-order valence-corrected chi connectivity index (χ1v) is 7.60. The van der Waals surface area contributed by atoms with Gasteiger partial charge in [-0.25, -0.2) is 4.39 Å². The van der Waals surface area contributed by atoms with Gasteiger partial charge in [-0.15, -0.1) is 12.4 Å². The van der Waals surface area contributed by atoms with Crippen LogP contribution in [0.4, 0.5) is 4.39 Å². The molecule has 0 aromatic heterocycles. The minimum atomic E-state index is -0.387. The standard InChI is InChI=1S/C18H19FN2O2.ClH/c19-14-7-4-8-15(9-14)23-12-18(22)21-10-16(17(20)11-21)13-5-2-1-3-6-13;/h1-9,16-17H,10-12,20H2;1H/t16-,17+;/m0./s1. The number of ether oxygens (including phenoxy) is 1. The van der Waals surface area contributed by atoms with Crippen LogP contribution in [0.15, 0.2) is 54.6 Å². The summed E-state index contributed by atoms with van der Waals surface area (Å²) in [4.78, 5) is 14.0. The van der Waals surface area contributed by atoms with Gasteiger partial charge in [-0.2, -0.15) is 0 Å². The number of nitrogens with two attached hydrogens (primary N) is 1. The number of hydrogen-bond donors (Lipinski definition) is 1. The van der Waals surface area contributed by atoms with Crippen LogP contribution in [-0.4, -0.2) is 36.5 Å². The number of benzene rings is 2. The second-order valence-electron chi connectivity index (χ2n) is 5.73. The number of likely N-dealkylation sites (tertiary alicyclic amines) is 1. The van der Waals surface area contributed by atoms with Gasteiger partial charge in [0.05, 0.1) is 0 Å². The summed E-state index contributed by atoms with van der Waals surface area (Å²) >= 11 is 0. The van der Waals surface area contributed by atoms with Crippen molar-refractivity contribution in [3.63, 3.8) is 0 Å². The number of hydrogen-bond acceptors (Lipinski definition) is 3. The first-order chi connectivity index (χ1) is 11.1. The van der Waals surface area contributed by atoms with E-state index in [1.807, 2.05) is 30.3 Å². The summed E-state index contributed by atoms with van der Waals surface area (Å²) in [7, 11) is 0. The van der Waals surface area contributed by atoms with Crippen LogP contribution in [0.1, 0.15) is 11.5 Å². The summed E-state index contributed by atoms with van der Waals surface area (Å²) in [5, 5.41) is 0. The van der Waals surface area contributed by atoms with E-state index in [1.165, 1.54) is 12.1 Å². The molecule has 0 bridgehead atoms. The molecule has 2 atom stereocenters. The molecule has 0 radical (unpaired) electrons.